The molecule has 1 aliphatic heterocycles. The van der Waals surface area contributed by atoms with Crippen LogP contribution >= 0.6 is 0 Å². The fraction of sp³-hybridized carbons (Fsp3) is 0.846. The average Bonchev–Trinajstić information content (AvgIpc) is 2.39. The van der Waals surface area contributed by atoms with Crippen molar-refractivity contribution in [3.05, 3.63) is 0 Å². The number of urea groups is 1. The van der Waals surface area contributed by atoms with Gasteiger partial charge in [0.2, 0.25) is 0 Å². The maximum absolute atomic E-state index is 12.3. The van der Waals surface area contributed by atoms with Gasteiger partial charge in [0.15, 0.2) is 0 Å². The molecule has 0 bridgehead atoms. The lowest BCUT2D eigenvalue weighted by molar-refractivity contribution is -0.143. The summed E-state index contributed by atoms with van der Waals surface area (Å²) in [6.45, 7) is 6.56. The van der Waals surface area contributed by atoms with Crippen LogP contribution in [0.15, 0.2) is 0 Å². The van der Waals surface area contributed by atoms with Crippen molar-refractivity contribution in [1.82, 2.24) is 9.80 Å². The first-order valence-corrected chi connectivity index (χ1v) is 6.86. The van der Waals surface area contributed by atoms with Crippen LogP contribution in [0.4, 0.5) is 4.79 Å². The molecular formula is C13H24N2O3. The summed E-state index contributed by atoms with van der Waals surface area (Å²) in [4.78, 5) is 26.8. The molecule has 5 heteroatoms. The average molecular weight is 256 g/mol. The van der Waals surface area contributed by atoms with E-state index in [1.165, 1.54) is 0 Å². The third-order valence-corrected chi connectivity index (χ3v) is 3.47. The van der Waals surface area contributed by atoms with Crippen LogP contribution in [0, 0.1) is 5.92 Å². The molecule has 0 radical (unpaired) electrons. The molecule has 1 atom stereocenters. The smallest absolute Gasteiger partial charge is 0.320 e. The highest BCUT2D eigenvalue weighted by atomic mass is 16.4. The van der Waals surface area contributed by atoms with Gasteiger partial charge >= 0.3 is 12.0 Å². The Kier molecular flexibility index (Phi) is 5.95. The van der Waals surface area contributed by atoms with Crippen LogP contribution in [-0.2, 0) is 4.79 Å². The molecule has 0 aromatic heterocycles. The number of rotatable bonds is 5. The van der Waals surface area contributed by atoms with Crippen LogP contribution in [0.2, 0.25) is 0 Å². The normalized spacial score (nSPS) is 19.7. The first-order chi connectivity index (χ1) is 8.60. The quantitative estimate of drug-likeness (QED) is 0.818. The summed E-state index contributed by atoms with van der Waals surface area (Å²) in [5.41, 5.74) is 0. The monoisotopic (exact) mass is 256 g/mol. The third-order valence-electron chi connectivity index (χ3n) is 3.47. The van der Waals surface area contributed by atoms with E-state index in [0.717, 1.165) is 25.8 Å². The number of hydrogen-bond acceptors (Lipinski definition) is 2. The predicted octanol–water partition coefficient (Wildman–Crippen LogP) is 2.03. The van der Waals surface area contributed by atoms with Crippen LogP contribution in [0.1, 0.15) is 39.5 Å². The van der Waals surface area contributed by atoms with Crippen LogP contribution in [0.5, 0.6) is 0 Å². The van der Waals surface area contributed by atoms with E-state index in [4.69, 9.17) is 5.11 Å². The lowest BCUT2D eigenvalue weighted by atomic mass is 9.98. The molecule has 0 aromatic carbocycles. The van der Waals surface area contributed by atoms with Gasteiger partial charge in [-0.15, -0.1) is 0 Å². The Hall–Kier alpha value is -1.26. The second-order valence-electron chi connectivity index (χ2n) is 4.84. The summed E-state index contributed by atoms with van der Waals surface area (Å²) in [6.07, 6.45) is 3.52. The fourth-order valence-corrected chi connectivity index (χ4v) is 2.29. The molecule has 1 saturated heterocycles. The Balaban J connectivity index is 2.55. The molecule has 104 valence electrons. The van der Waals surface area contributed by atoms with Crippen molar-refractivity contribution in [1.29, 1.82) is 0 Å². The molecule has 18 heavy (non-hydrogen) atoms. The molecule has 0 aromatic rings. The number of unbranched alkanes of at least 4 members (excludes halogenated alkanes) is 1. The molecule has 0 saturated carbocycles. The third kappa shape index (κ3) is 3.89. The zero-order valence-corrected chi connectivity index (χ0v) is 11.4. The highest BCUT2D eigenvalue weighted by Crippen LogP contribution is 2.18. The van der Waals surface area contributed by atoms with Crippen LogP contribution in [-0.4, -0.2) is 53.1 Å². The van der Waals surface area contributed by atoms with Crippen molar-refractivity contribution in [2.24, 2.45) is 5.92 Å². The van der Waals surface area contributed by atoms with Crippen molar-refractivity contribution in [3.8, 4) is 0 Å². The lowest BCUT2D eigenvalue weighted by Crippen LogP contribution is -2.49. The van der Waals surface area contributed by atoms with Crippen LogP contribution in [0.3, 0.4) is 0 Å². The van der Waals surface area contributed by atoms with E-state index in [2.05, 4.69) is 6.92 Å². The summed E-state index contributed by atoms with van der Waals surface area (Å²) in [7, 11) is 0. The predicted molar refractivity (Wildman–Crippen MR) is 69.5 cm³/mol. The maximum Gasteiger partial charge on any atom is 0.320 e. The molecule has 5 nitrogen and oxygen atoms in total. The Bertz CT molecular complexity index is 294. The van der Waals surface area contributed by atoms with E-state index in [1.54, 1.807) is 4.90 Å². The Morgan fingerprint density at radius 3 is 2.67 bits per heavy atom. The van der Waals surface area contributed by atoms with Crippen molar-refractivity contribution in [3.63, 3.8) is 0 Å². The van der Waals surface area contributed by atoms with E-state index in [1.807, 2.05) is 11.8 Å². The van der Waals surface area contributed by atoms with Gasteiger partial charge < -0.3 is 14.9 Å². The van der Waals surface area contributed by atoms with Gasteiger partial charge in [-0.25, -0.2) is 4.79 Å². The number of aliphatic carboxylic acids is 1. The molecule has 1 N–H and O–H groups in total. The van der Waals surface area contributed by atoms with Crippen molar-refractivity contribution in [2.75, 3.05) is 26.2 Å². The molecule has 1 heterocycles. The van der Waals surface area contributed by atoms with Gasteiger partial charge in [0, 0.05) is 26.2 Å². The zero-order chi connectivity index (χ0) is 13.5. The maximum atomic E-state index is 12.3. The summed E-state index contributed by atoms with van der Waals surface area (Å²) in [5, 5.41) is 9.02. The molecule has 1 unspecified atom stereocenters. The molecular weight excluding hydrogens is 232 g/mol. The Labute approximate surface area is 109 Å². The SMILES string of the molecule is CCCCN(CC)C(=O)N1CCCC(C(=O)O)C1. The lowest BCUT2D eigenvalue weighted by Gasteiger charge is -2.34. The van der Waals surface area contributed by atoms with Gasteiger partial charge in [0.1, 0.15) is 0 Å². The summed E-state index contributed by atoms with van der Waals surface area (Å²) in [5.74, 6) is -1.18. The van der Waals surface area contributed by atoms with Gasteiger partial charge in [-0.2, -0.15) is 0 Å². The first kappa shape index (κ1) is 14.8. The van der Waals surface area contributed by atoms with Crippen molar-refractivity contribution >= 4 is 12.0 Å². The largest absolute Gasteiger partial charge is 0.481 e. The summed E-state index contributed by atoms with van der Waals surface area (Å²) >= 11 is 0. The van der Waals surface area contributed by atoms with Gasteiger partial charge in [-0.3, -0.25) is 4.79 Å². The number of likely N-dealkylation sites (tertiary alicyclic amines) is 1. The summed E-state index contributed by atoms with van der Waals surface area (Å²) in [6, 6.07) is -0.00287. The van der Waals surface area contributed by atoms with E-state index in [9.17, 15) is 9.59 Å². The molecule has 1 aliphatic rings. The van der Waals surface area contributed by atoms with E-state index < -0.39 is 11.9 Å². The number of nitrogens with zero attached hydrogens (tertiary/aromatic N) is 2. The van der Waals surface area contributed by atoms with Gasteiger partial charge in [-0.05, 0) is 26.2 Å². The Morgan fingerprint density at radius 2 is 2.11 bits per heavy atom. The Morgan fingerprint density at radius 1 is 1.39 bits per heavy atom. The number of carbonyl (C=O) groups is 2. The highest BCUT2D eigenvalue weighted by Gasteiger charge is 2.29. The standard InChI is InChI=1S/C13H24N2O3/c1-3-5-8-14(4-2)13(18)15-9-6-7-11(10-15)12(16)17/h11H,3-10H2,1-2H3,(H,16,17). The van der Waals surface area contributed by atoms with Crippen molar-refractivity contribution in [2.45, 2.75) is 39.5 Å². The van der Waals surface area contributed by atoms with Gasteiger partial charge in [0.25, 0.3) is 0 Å². The number of carbonyl (C=O) groups excluding carboxylic acids is 1. The topological polar surface area (TPSA) is 60.9 Å². The molecule has 2 amide bonds. The number of carboxylic acid groups (broad SMARTS) is 1. The van der Waals surface area contributed by atoms with Crippen LogP contribution < -0.4 is 0 Å². The minimum absolute atomic E-state index is 0.00287. The van der Waals surface area contributed by atoms with E-state index >= 15 is 0 Å². The minimum atomic E-state index is -0.788. The summed E-state index contributed by atoms with van der Waals surface area (Å²) < 4.78 is 0. The first-order valence-electron chi connectivity index (χ1n) is 6.86. The number of piperidine rings is 1. The number of amides is 2. The molecule has 1 fully saturated rings. The number of hydrogen-bond donors (Lipinski definition) is 1. The molecule has 0 spiro atoms. The molecule has 0 aliphatic carbocycles. The van der Waals surface area contributed by atoms with Crippen LogP contribution in [0.25, 0.3) is 0 Å². The van der Waals surface area contributed by atoms with Gasteiger partial charge in [0.05, 0.1) is 5.92 Å². The second-order valence-corrected chi connectivity index (χ2v) is 4.84. The second kappa shape index (κ2) is 7.24. The van der Waals surface area contributed by atoms with E-state index in [0.29, 0.717) is 26.1 Å². The highest BCUT2D eigenvalue weighted by molar-refractivity contribution is 5.76. The van der Waals surface area contributed by atoms with Gasteiger partial charge in [-0.1, -0.05) is 13.3 Å². The number of carboxylic acids is 1. The minimum Gasteiger partial charge on any atom is -0.481 e. The molecule has 1 rings (SSSR count). The van der Waals surface area contributed by atoms with Crippen molar-refractivity contribution < 1.29 is 14.7 Å². The fourth-order valence-electron chi connectivity index (χ4n) is 2.29. The zero-order valence-electron chi connectivity index (χ0n) is 11.4. The van der Waals surface area contributed by atoms with E-state index in [-0.39, 0.29) is 6.03 Å².